The SMILES string of the molecule is CCC1COc2ccc(O)cc21. The fourth-order valence-electron chi connectivity index (χ4n) is 1.60. The van der Waals surface area contributed by atoms with Crippen LogP contribution in [0.3, 0.4) is 0 Å². The van der Waals surface area contributed by atoms with Crippen LogP contribution >= 0.6 is 0 Å². The van der Waals surface area contributed by atoms with Crippen LogP contribution in [0.4, 0.5) is 0 Å². The van der Waals surface area contributed by atoms with Gasteiger partial charge in [0.25, 0.3) is 0 Å². The molecule has 1 aromatic carbocycles. The summed E-state index contributed by atoms with van der Waals surface area (Å²) in [5.41, 5.74) is 1.15. The first kappa shape index (κ1) is 7.47. The Morgan fingerprint density at radius 2 is 2.42 bits per heavy atom. The van der Waals surface area contributed by atoms with Crippen LogP contribution in [0.15, 0.2) is 18.2 Å². The minimum Gasteiger partial charge on any atom is -0.508 e. The van der Waals surface area contributed by atoms with Gasteiger partial charge in [-0.1, -0.05) is 6.92 Å². The molecule has 2 rings (SSSR count). The van der Waals surface area contributed by atoms with E-state index in [9.17, 15) is 5.11 Å². The Kier molecular flexibility index (Phi) is 1.68. The molecule has 1 aliphatic rings. The van der Waals surface area contributed by atoms with Crippen LogP contribution in [0.25, 0.3) is 0 Å². The van der Waals surface area contributed by atoms with Crippen molar-refractivity contribution in [1.29, 1.82) is 0 Å². The molecule has 0 amide bonds. The van der Waals surface area contributed by atoms with Gasteiger partial charge in [0, 0.05) is 11.5 Å². The molecular formula is C10H12O2. The third kappa shape index (κ3) is 1.04. The molecule has 1 N–H and O–H groups in total. The van der Waals surface area contributed by atoms with E-state index in [2.05, 4.69) is 6.92 Å². The normalized spacial score (nSPS) is 20.2. The third-order valence-electron chi connectivity index (χ3n) is 2.37. The second-order valence-corrected chi connectivity index (χ2v) is 3.14. The van der Waals surface area contributed by atoms with E-state index >= 15 is 0 Å². The summed E-state index contributed by atoms with van der Waals surface area (Å²) in [4.78, 5) is 0. The van der Waals surface area contributed by atoms with Crippen LogP contribution in [0.1, 0.15) is 24.8 Å². The molecule has 1 atom stereocenters. The van der Waals surface area contributed by atoms with E-state index in [1.807, 2.05) is 6.07 Å². The van der Waals surface area contributed by atoms with Crippen LogP contribution in [-0.2, 0) is 0 Å². The first-order valence-electron chi connectivity index (χ1n) is 4.27. The van der Waals surface area contributed by atoms with E-state index in [0.29, 0.717) is 11.7 Å². The summed E-state index contributed by atoms with van der Waals surface area (Å²) in [7, 11) is 0. The molecule has 1 aliphatic heterocycles. The highest BCUT2D eigenvalue weighted by Gasteiger charge is 2.22. The number of fused-ring (bicyclic) bond motifs is 1. The van der Waals surface area contributed by atoms with Crippen molar-refractivity contribution in [3.63, 3.8) is 0 Å². The highest BCUT2D eigenvalue weighted by molar-refractivity contribution is 5.44. The van der Waals surface area contributed by atoms with Gasteiger partial charge in [0.15, 0.2) is 0 Å². The van der Waals surface area contributed by atoms with Gasteiger partial charge in [0.2, 0.25) is 0 Å². The van der Waals surface area contributed by atoms with Crippen molar-refractivity contribution in [2.24, 2.45) is 0 Å². The zero-order valence-corrected chi connectivity index (χ0v) is 7.08. The fourth-order valence-corrected chi connectivity index (χ4v) is 1.60. The van der Waals surface area contributed by atoms with Crippen molar-refractivity contribution in [3.05, 3.63) is 23.8 Å². The largest absolute Gasteiger partial charge is 0.508 e. The summed E-state index contributed by atoms with van der Waals surface area (Å²) >= 11 is 0. The van der Waals surface area contributed by atoms with E-state index in [1.54, 1.807) is 12.1 Å². The quantitative estimate of drug-likeness (QED) is 0.690. The van der Waals surface area contributed by atoms with Crippen molar-refractivity contribution in [2.75, 3.05) is 6.61 Å². The average molecular weight is 164 g/mol. The van der Waals surface area contributed by atoms with Crippen LogP contribution in [0, 0.1) is 0 Å². The van der Waals surface area contributed by atoms with E-state index in [-0.39, 0.29) is 0 Å². The van der Waals surface area contributed by atoms with E-state index in [0.717, 1.165) is 24.3 Å². The van der Waals surface area contributed by atoms with Gasteiger partial charge < -0.3 is 9.84 Å². The Morgan fingerprint density at radius 1 is 1.58 bits per heavy atom. The van der Waals surface area contributed by atoms with Gasteiger partial charge in [-0.3, -0.25) is 0 Å². The van der Waals surface area contributed by atoms with Crippen molar-refractivity contribution >= 4 is 0 Å². The number of phenols is 1. The molecule has 0 aliphatic carbocycles. The Bertz CT molecular complexity index is 294. The second kappa shape index (κ2) is 2.70. The fraction of sp³-hybridized carbons (Fsp3) is 0.400. The number of aromatic hydroxyl groups is 1. The lowest BCUT2D eigenvalue weighted by molar-refractivity contribution is 0.328. The molecule has 0 bridgehead atoms. The molecule has 0 spiro atoms. The molecule has 1 unspecified atom stereocenters. The standard InChI is InChI=1S/C10H12O2/c1-2-7-6-12-10-4-3-8(11)5-9(7)10/h3-5,7,11H,2,6H2,1H3. The Hall–Kier alpha value is -1.18. The molecule has 0 fully saturated rings. The second-order valence-electron chi connectivity index (χ2n) is 3.14. The number of phenolic OH excluding ortho intramolecular Hbond substituents is 1. The predicted octanol–water partition coefficient (Wildman–Crippen LogP) is 2.28. The third-order valence-corrected chi connectivity index (χ3v) is 2.37. The van der Waals surface area contributed by atoms with Crippen molar-refractivity contribution in [1.82, 2.24) is 0 Å². The molecule has 1 aromatic rings. The summed E-state index contributed by atoms with van der Waals surface area (Å²) in [5.74, 6) is 1.73. The molecule has 64 valence electrons. The van der Waals surface area contributed by atoms with E-state index < -0.39 is 0 Å². The number of hydrogen-bond acceptors (Lipinski definition) is 2. The summed E-state index contributed by atoms with van der Waals surface area (Å²) in [6.45, 7) is 2.89. The topological polar surface area (TPSA) is 29.5 Å². The lowest BCUT2D eigenvalue weighted by Crippen LogP contribution is -1.97. The molecule has 0 radical (unpaired) electrons. The number of hydrogen-bond donors (Lipinski definition) is 1. The highest BCUT2D eigenvalue weighted by Crippen LogP contribution is 2.37. The zero-order valence-electron chi connectivity index (χ0n) is 7.08. The summed E-state index contributed by atoms with van der Waals surface area (Å²) in [5, 5.41) is 9.25. The molecule has 2 nitrogen and oxygen atoms in total. The monoisotopic (exact) mass is 164 g/mol. The van der Waals surface area contributed by atoms with Gasteiger partial charge in [-0.15, -0.1) is 0 Å². The van der Waals surface area contributed by atoms with Crippen LogP contribution in [0.2, 0.25) is 0 Å². The van der Waals surface area contributed by atoms with Gasteiger partial charge in [-0.05, 0) is 24.6 Å². The maximum atomic E-state index is 9.25. The lowest BCUT2D eigenvalue weighted by Gasteiger charge is -2.03. The Balaban J connectivity index is 2.42. The number of ether oxygens (including phenoxy) is 1. The molecule has 0 aromatic heterocycles. The lowest BCUT2D eigenvalue weighted by atomic mass is 9.99. The van der Waals surface area contributed by atoms with Crippen molar-refractivity contribution in [2.45, 2.75) is 19.3 Å². The van der Waals surface area contributed by atoms with Gasteiger partial charge in [-0.2, -0.15) is 0 Å². The average Bonchev–Trinajstić information content (AvgIpc) is 2.46. The van der Waals surface area contributed by atoms with Crippen LogP contribution in [-0.4, -0.2) is 11.7 Å². The van der Waals surface area contributed by atoms with Crippen LogP contribution < -0.4 is 4.74 Å². The molecular weight excluding hydrogens is 152 g/mol. The maximum absolute atomic E-state index is 9.25. The summed E-state index contributed by atoms with van der Waals surface area (Å²) < 4.78 is 5.45. The number of rotatable bonds is 1. The van der Waals surface area contributed by atoms with Gasteiger partial charge >= 0.3 is 0 Å². The minimum atomic E-state index is 0.331. The minimum absolute atomic E-state index is 0.331. The molecule has 2 heteroatoms. The Labute approximate surface area is 71.8 Å². The smallest absolute Gasteiger partial charge is 0.123 e. The summed E-state index contributed by atoms with van der Waals surface area (Å²) in [6.07, 6.45) is 1.07. The maximum Gasteiger partial charge on any atom is 0.123 e. The van der Waals surface area contributed by atoms with Gasteiger partial charge in [0.05, 0.1) is 6.61 Å². The first-order valence-corrected chi connectivity index (χ1v) is 4.27. The number of benzene rings is 1. The van der Waals surface area contributed by atoms with Crippen LogP contribution in [0.5, 0.6) is 11.5 Å². The summed E-state index contributed by atoms with van der Waals surface area (Å²) in [6, 6.07) is 5.30. The van der Waals surface area contributed by atoms with Gasteiger partial charge in [-0.25, -0.2) is 0 Å². The molecule has 12 heavy (non-hydrogen) atoms. The predicted molar refractivity (Wildman–Crippen MR) is 46.6 cm³/mol. The Morgan fingerprint density at radius 3 is 3.17 bits per heavy atom. The molecule has 0 saturated carbocycles. The molecule has 1 heterocycles. The molecule has 0 saturated heterocycles. The van der Waals surface area contributed by atoms with Gasteiger partial charge in [0.1, 0.15) is 11.5 Å². The highest BCUT2D eigenvalue weighted by atomic mass is 16.5. The first-order chi connectivity index (χ1) is 5.81. The van der Waals surface area contributed by atoms with E-state index in [1.165, 1.54) is 0 Å². The van der Waals surface area contributed by atoms with E-state index in [4.69, 9.17) is 4.74 Å². The van der Waals surface area contributed by atoms with Crippen molar-refractivity contribution < 1.29 is 9.84 Å². The zero-order chi connectivity index (χ0) is 8.55. The van der Waals surface area contributed by atoms with Crippen molar-refractivity contribution in [3.8, 4) is 11.5 Å².